The SMILES string of the molecule is Cc1c(CNc2cccc(OCCN(C)C)c2)cnn1C. The molecule has 0 bridgehead atoms. The van der Waals surface area contributed by atoms with Gasteiger partial charge >= 0.3 is 0 Å². The second kappa shape index (κ2) is 7.13. The van der Waals surface area contributed by atoms with Crippen LogP contribution in [0.5, 0.6) is 5.75 Å². The molecule has 2 aromatic rings. The number of ether oxygens (including phenoxy) is 1. The fourth-order valence-electron chi connectivity index (χ4n) is 1.96. The molecule has 0 unspecified atom stereocenters. The van der Waals surface area contributed by atoms with Gasteiger partial charge in [-0.15, -0.1) is 0 Å². The molecule has 2 rings (SSSR count). The van der Waals surface area contributed by atoms with Crippen LogP contribution in [-0.4, -0.2) is 41.9 Å². The van der Waals surface area contributed by atoms with Crippen LogP contribution in [-0.2, 0) is 13.6 Å². The van der Waals surface area contributed by atoms with E-state index < -0.39 is 0 Å². The lowest BCUT2D eigenvalue weighted by atomic mass is 10.2. The van der Waals surface area contributed by atoms with Gasteiger partial charge in [-0.05, 0) is 33.2 Å². The standard InChI is InChI=1S/C16H24N4O/c1-13-14(12-18-20(13)4)11-17-15-6-5-7-16(10-15)21-9-8-19(2)3/h5-7,10,12,17H,8-9,11H2,1-4H3. The van der Waals surface area contributed by atoms with Gasteiger partial charge in [0, 0.05) is 43.1 Å². The minimum atomic E-state index is 0.693. The molecule has 114 valence electrons. The Morgan fingerprint density at radius 3 is 2.81 bits per heavy atom. The van der Waals surface area contributed by atoms with E-state index in [0.717, 1.165) is 24.5 Å². The predicted octanol–water partition coefficient (Wildman–Crippen LogP) is 2.28. The van der Waals surface area contributed by atoms with Crippen LogP contribution in [0.1, 0.15) is 11.3 Å². The van der Waals surface area contributed by atoms with Crippen molar-refractivity contribution >= 4 is 5.69 Å². The largest absolute Gasteiger partial charge is 0.492 e. The summed E-state index contributed by atoms with van der Waals surface area (Å²) in [5.41, 5.74) is 3.44. The maximum atomic E-state index is 5.74. The quantitative estimate of drug-likeness (QED) is 0.849. The summed E-state index contributed by atoms with van der Waals surface area (Å²) in [4.78, 5) is 2.10. The van der Waals surface area contributed by atoms with Gasteiger partial charge in [0.05, 0.1) is 6.20 Å². The summed E-state index contributed by atoms with van der Waals surface area (Å²) < 4.78 is 7.63. The van der Waals surface area contributed by atoms with E-state index in [1.54, 1.807) is 0 Å². The fourth-order valence-corrected chi connectivity index (χ4v) is 1.96. The zero-order valence-electron chi connectivity index (χ0n) is 13.3. The number of hydrogen-bond donors (Lipinski definition) is 1. The summed E-state index contributed by atoms with van der Waals surface area (Å²) in [5.74, 6) is 0.893. The summed E-state index contributed by atoms with van der Waals surface area (Å²) in [5, 5.41) is 7.66. The normalized spacial score (nSPS) is 10.9. The third-order valence-electron chi connectivity index (χ3n) is 3.46. The van der Waals surface area contributed by atoms with Gasteiger partial charge in [0.1, 0.15) is 12.4 Å². The monoisotopic (exact) mass is 288 g/mol. The first-order valence-electron chi connectivity index (χ1n) is 7.15. The first kappa shape index (κ1) is 15.4. The van der Waals surface area contributed by atoms with Crippen molar-refractivity contribution in [2.75, 3.05) is 32.6 Å². The molecule has 0 fully saturated rings. The molecule has 0 spiro atoms. The summed E-state index contributed by atoms with van der Waals surface area (Å²) in [6.45, 7) is 4.44. The number of hydrogen-bond acceptors (Lipinski definition) is 4. The van der Waals surface area contributed by atoms with Crippen molar-refractivity contribution in [3.63, 3.8) is 0 Å². The van der Waals surface area contributed by atoms with Crippen molar-refractivity contribution in [1.29, 1.82) is 0 Å². The van der Waals surface area contributed by atoms with E-state index in [1.807, 2.05) is 56.3 Å². The molecule has 0 saturated carbocycles. The average Bonchev–Trinajstić information content (AvgIpc) is 2.77. The van der Waals surface area contributed by atoms with Gasteiger partial charge in [0.25, 0.3) is 0 Å². The van der Waals surface area contributed by atoms with E-state index in [0.29, 0.717) is 6.61 Å². The summed E-state index contributed by atoms with van der Waals surface area (Å²) in [7, 11) is 6.03. The Morgan fingerprint density at radius 2 is 2.14 bits per heavy atom. The Labute approximate surface area is 126 Å². The highest BCUT2D eigenvalue weighted by molar-refractivity contribution is 5.48. The molecule has 5 nitrogen and oxygen atoms in total. The molecule has 1 N–H and O–H groups in total. The number of anilines is 1. The molecule has 0 atom stereocenters. The molecule has 5 heteroatoms. The molecule has 1 aromatic heterocycles. The fraction of sp³-hybridized carbons (Fsp3) is 0.438. The van der Waals surface area contributed by atoms with Gasteiger partial charge in [0.15, 0.2) is 0 Å². The Bertz CT molecular complexity index is 577. The lowest BCUT2D eigenvalue weighted by molar-refractivity contribution is 0.261. The van der Waals surface area contributed by atoms with Gasteiger partial charge in [0.2, 0.25) is 0 Å². The van der Waals surface area contributed by atoms with Gasteiger partial charge in [-0.2, -0.15) is 5.10 Å². The average molecular weight is 288 g/mol. The Hall–Kier alpha value is -2.01. The van der Waals surface area contributed by atoms with Crippen LogP contribution in [0.25, 0.3) is 0 Å². The van der Waals surface area contributed by atoms with Crippen LogP contribution in [0.4, 0.5) is 5.69 Å². The van der Waals surface area contributed by atoms with E-state index >= 15 is 0 Å². The zero-order valence-corrected chi connectivity index (χ0v) is 13.3. The Morgan fingerprint density at radius 1 is 1.33 bits per heavy atom. The summed E-state index contributed by atoms with van der Waals surface area (Å²) >= 11 is 0. The van der Waals surface area contributed by atoms with Gasteiger partial charge in [-0.1, -0.05) is 6.07 Å². The predicted molar refractivity (Wildman–Crippen MR) is 85.8 cm³/mol. The van der Waals surface area contributed by atoms with Gasteiger partial charge in [-0.25, -0.2) is 0 Å². The third kappa shape index (κ3) is 4.49. The maximum Gasteiger partial charge on any atom is 0.121 e. The molecular formula is C16H24N4O. The van der Waals surface area contributed by atoms with E-state index in [-0.39, 0.29) is 0 Å². The first-order chi connectivity index (χ1) is 10.1. The van der Waals surface area contributed by atoms with Crippen LogP contribution in [0, 0.1) is 6.92 Å². The number of rotatable bonds is 7. The Kier molecular flexibility index (Phi) is 5.22. The lowest BCUT2D eigenvalue weighted by Crippen LogP contribution is -2.19. The van der Waals surface area contributed by atoms with Crippen molar-refractivity contribution in [3.8, 4) is 5.75 Å². The summed E-state index contributed by atoms with van der Waals surface area (Å²) in [6.07, 6.45) is 1.90. The molecule has 0 saturated heterocycles. The number of benzene rings is 1. The molecule has 0 aliphatic rings. The second-order valence-corrected chi connectivity index (χ2v) is 5.41. The number of aryl methyl sites for hydroxylation is 1. The third-order valence-corrected chi connectivity index (χ3v) is 3.46. The van der Waals surface area contributed by atoms with Crippen molar-refractivity contribution in [2.45, 2.75) is 13.5 Å². The van der Waals surface area contributed by atoms with Crippen LogP contribution in [0.3, 0.4) is 0 Å². The highest BCUT2D eigenvalue weighted by atomic mass is 16.5. The van der Waals surface area contributed by atoms with Crippen molar-refractivity contribution in [1.82, 2.24) is 14.7 Å². The van der Waals surface area contributed by atoms with Crippen molar-refractivity contribution in [3.05, 3.63) is 41.7 Å². The van der Waals surface area contributed by atoms with Crippen molar-refractivity contribution in [2.24, 2.45) is 7.05 Å². The minimum Gasteiger partial charge on any atom is -0.492 e. The second-order valence-electron chi connectivity index (χ2n) is 5.41. The molecule has 0 amide bonds. The molecule has 1 aromatic carbocycles. The van der Waals surface area contributed by atoms with E-state index in [4.69, 9.17) is 4.74 Å². The minimum absolute atomic E-state index is 0.693. The van der Waals surface area contributed by atoms with E-state index in [1.165, 1.54) is 11.3 Å². The first-order valence-corrected chi connectivity index (χ1v) is 7.15. The van der Waals surface area contributed by atoms with E-state index in [2.05, 4.69) is 22.2 Å². The van der Waals surface area contributed by atoms with E-state index in [9.17, 15) is 0 Å². The smallest absolute Gasteiger partial charge is 0.121 e. The number of aromatic nitrogens is 2. The van der Waals surface area contributed by atoms with Crippen LogP contribution in [0.15, 0.2) is 30.5 Å². The van der Waals surface area contributed by atoms with Crippen LogP contribution >= 0.6 is 0 Å². The molecule has 1 heterocycles. The van der Waals surface area contributed by atoms with Crippen molar-refractivity contribution < 1.29 is 4.74 Å². The molecule has 21 heavy (non-hydrogen) atoms. The Balaban J connectivity index is 1.90. The molecule has 0 aliphatic carbocycles. The highest BCUT2D eigenvalue weighted by Crippen LogP contribution is 2.18. The number of nitrogens with zero attached hydrogens (tertiary/aromatic N) is 3. The zero-order chi connectivity index (χ0) is 15.2. The molecule has 0 aliphatic heterocycles. The topological polar surface area (TPSA) is 42.3 Å². The molecular weight excluding hydrogens is 264 g/mol. The van der Waals surface area contributed by atoms with Gasteiger partial charge < -0.3 is 15.0 Å². The lowest BCUT2D eigenvalue weighted by Gasteiger charge is -2.12. The number of likely N-dealkylation sites (N-methyl/N-ethyl adjacent to an activating group) is 1. The van der Waals surface area contributed by atoms with Crippen LogP contribution in [0.2, 0.25) is 0 Å². The molecule has 0 radical (unpaired) electrons. The number of nitrogens with one attached hydrogen (secondary N) is 1. The highest BCUT2D eigenvalue weighted by Gasteiger charge is 2.03. The summed E-state index contributed by atoms with van der Waals surface area (Å²) in [6, 6.07) is 8.06. The van der Waals surface area contributed by atoms with Gasteiger partial charge in [-0.3, -0.25) is 4.68 Å². The maximum absolute atomic E-state index is 5.74. The van der Waals surface area contributed by atoms with Crippen LogP contribution < -0.4 is 10.1 Å².